The zero-order valence-electron chi connectivity index (χ0n) is 19.9. The molecule has 37 heavy (non-hydrogen) atoms. The number of carbonyl (C=O) groups is 2. The summed E-state index contributed by atoms with van der Waals surface area (Å²) in [4.78, 5) is 26.4. The van der Waals surface area contributed by atoms with E-state index in [4.69, 9.17) is 32.7 Å². The van der Waals surface area contributed by atoms with Crippen molar-refractivity contribution in [1.29, 1.82) is 0 Å². The number of amides is 2. The SMILES string of the molecule is CCOc1cc(/C=N\NC(=O)[C@@H]2CC(=O)N(c3ccc(F)cc3)C2)ccc1OCc1ccc(Cl)c(Cl)c1. The molecule has 10 heteroatoms. The molecule has 1 fully saturated rings. The maximum absolute atomic E-state index is 13.2. The molecule has 192 valence electrons. The third-order valence-electron chi connectivity index (χ3n) is 5.67. The number of halogens is 3. The molecule has 3 aromatic carbocycles. The van der Waals surface area contributed by atoms with E-state index in [0.29, 0.717) is 39.4 Å². The van der Waals surface area contributed by atoms with Crippen LogP contribution in [0, 0.1) is 11.7 Å². The van der Waals surface area contributed by atoms with Gasteiger partial charge in [-0.1, -0.05) is 29.3 Å². The predicted octanol–water partition coefficient (Wildman–Crippen LogP) is 5.61. The van der Waals surface area contributed by atoms with Gasteiger partial charge in [-0.25, -0.2) is 9.82 Å². The van der Waals surface area contributed by atoms with Crippen LogP contribution in [-0.2, 0) is 16.2 Å². The lowest BCUT2D eigenvalue weighted by molar-refractivity contribution is -0.126. The topological polar surface area (TPSA) is 80.2 Å². The molecule has 0 unspecified atom stereocenters. The number of nitrogens with zero attached hydrogens (tertiary/aromatic N) is 2. The van der Waals surface area contributed by atoms with Crippen LogP contribution >= 0.6 is 23.2 Å². The summed E-state index contributed by atoms with van der Waals surface area (Å²) in [7, 11) is 0. The summed E-state index contributed by atoms with van der Waals surface area (Å²) in [5, 5.41) is 4.96. The molecule has 0 radical (unpaired) electrons. The van der Waals surface area contributed by atoms with E-state index >= 15 is 0 Å². The molecule has 2 amide bonds. The van der Waals surface area contributed by atoms with E-state index in [1.54, 1.807) is 30.3 Å². The Balaban J connectivity index is 1.35. The van der Waals surface area contributed by atoms with Crippen molar-refractivity contribution in [3.63, 3.8) is 0 Å². The van der Waals surface area contributed by atoms with Gasteiger partial charge in [0.25, 0.3) is 0 Å². The Hall–Kier alpha value is -3.62. The van der Waals surface area contributed by atoms with Crippen LogP contribution in [0.2, 0.25) is 10.0 Å². The average molecular weight is 544 g/mol. The van der Waals surface area contributed by atoms with Gasteiger partial charge in [0.1, 0.15) is 12.4 Å². The molecular formula is C27H24Cl2FN3O4. The van der Waals surface area contributed by atoms with Crippen LogP contribution in [0.25, 0.3) is 0 Å². The van der Waals surface area contributed by atoms with Crippen molar-refractivity contribution >= 4 is 46.9 Å². The van der Waals surface area contributed by atoms with Crippen LogP contribution < -0.4 is 19.8 Å². The Morgan fingerprint density at radius 1 is 1.08 bits per heavy atom. The number of hydrazone groups is 1. The Labute approximate surface area is 223 Å². The minimum absolute atomic E-state index is 0.0537. The number of ether oxygens (including phenoxy) is 2. The summed E-state index contributed by atoms with van der Waals surface area (Å²) in [5.74, 6) is -0.466. The van der Waals surface area contributed by atoms with Crippen LogP contribution in [0.1, 0.15) is 24.5 Å². The number of rotatable bonds is 9. The summed E-state index contributed by atoms with van der Waals surface area (Å²) in [6.45, 7) is 2.77. The molecule has 0 aliphatic carbocycles. The lowest BCUT2D eigenvalue weighted by atomic mass is 10.1. The molecular weight excluding hydrogens is 520 g/mol. The van der Waals surface area contributed by atoms with E-state index in [0.717, 1.165) is 5.56 Å². The Morgan fingerprint density at radius 2 is 1.86 bits per heavy atom. The van der Waals surface area contributed by atoms with Gasteiger partial charge >= 0.3 is 0 Å². The summed E-state index contributed by atoms with van der Waals surface area (Å²) in [6.07, 6.45) is 1.54. The highest BCUT2D eigenvalue weighted by Crippen LogP contribution is 2.30. The monoisotopic (exact) mass is 543 g/mol. The van der Waals surface area contributed by atoms with Gasteiger partial charge in [0.05, 0.1) is 28.8 Å². The minimum atomic E-state index is -0.564. The third kappa shape index (κ3) is 6.78. The largest absolute Gasteiger partial charge is 0.490 e. The highest BCUT2D eigenvalue weighted by molar-refractivity contribution is 6.42. The Bertz CT molecular complexity index is 1320. The van der Waals surface area contributed by atoms with E-state index in [-0.39, 0.29) is 31.4 Å². The summed E-state index contributed by atoms with van der Waals surface area (Å²) in [5.41, 5.74) is 4.58. The van der Waals surface area contributed by atoms with E-state index in [9.17, 15) is 14.0 Å². The second-order valence-electron chi connectivity index (χ2n) is 8.29. The second kappa shape index (κ2) is 12.1. The average Bonchev–Trinajstić information content (AvgIpc) is 3.28. The first-order valence-corrected chi connectivity index (χ1v) is 12.3. The van der Waals surface area contributed by atoms with Crippen LogP contribution in [0.3, 0.4) is 0 Å². The van der Waals surface area contributed by atoms with Gasteiger partial charge in [-0.2, -0.15) is 5.10 Å². The molecule has 7 nitrogen and oxygen atoms in total. The number of carbonyl (C=O) groups excluding carboxylic acids is 2. The summed E-state index contributed by atoms with van der Waals surface area (Å²) in [6, 6.07) is 16.1. The van der Waals surface area contributed by atoms with Crippen molar-refractivity contribution in [1.82, 2.24) is 5.43 Å². The summed E-state index contributed by atoms with van der Waals surface area (Å²) >= 11 is 12.0. The molecule has 1 aliphatic heterocycles. The standard InChI is InChI=1S/C27H24Cl2FN3O4/c1-2-36-25-12-17(4-10-24(25)37-16-18-3-9-22(28)23(29)11-18)14-31-32-27(35)19-13-26(34)33(15-19)21-7-5-20(30)6-8-21/h3-12,14,19H,2,13,15-16H2,1H3,(H,32,35)/b31-14-/t19-/m1/s1. The normalized spacial score (nSPS) is 15.3. The molecule has 0 saturated carbocycles. The zero-order valence-corrected chi connectivity index (χ0v) is 21.4. The number of hydrogen-bond acceptors (Lipinski definition) is 5. The van der Waals surface area contributed by atoms with Crippen molar-refractivity contribution in [2.75, 3.05) is 18.1 Å². The van der Waals surface area contributed by atoms with Crippen molar-refractivity contribution in [3.8, 4) is 11.5 Å². The molecule has 1 heterocycles. The van der Waals surface area contributed by atoms with Crippen LogP contribution in [0.5, 0.6) is 11.5 Å². The highest BCUT2D eigenvalue weighted by Gasteiger charge is 2.35. The third-order valence-corrected chi connectivity index (χ3v) is 6.41. The molecule has 3 aromatic rings. The smallest absolute Gasteiger partial charge is 0.245 e. The molecule has 1 atom stereocenters. The molecule has 4 rings (SSSR count). The fraction of sp³-hybridized carbons (Fsp3) is 0.222. The first kappa shape index (κ1) is 26.4. The molecule has 0 aromatic heterocycles. The van der Waals surface area contributed by atoms with Gasteiger partial charge in [0.15, 0.2) is 11.5 Å². The van der Waals surface area contributed by atoms with Crippen LogP contribution in [-0.4, -0.2) is 31.2 Å². The van der Waals surface area contributed by atoms with E-state index in [1.807, 2.05) is 13.0 Å². The number of hydrogen-bond donors (Lipinski definition) is 1. The lowest BCUT2D eigenvalue weighted by Crippen LogP contribution is -2.30. The lowest BCUT2D eigenvalue weighted by Gasteiger charge is -2.16. The molecule has 1 saturated heterocycles. The Kier molecular flexibility index (Phi) is 8.63. The van der Waals surface area contributed by atoms with E-state index < -0.39 is 11.7 Å². The maximum atomic E-state index is 13.2. The summed E-state index contributed by atoms with van der Waals surface area (Å²) < 4.78 is 24.8. The highest BCUT2D eigenvalue weighted by atomic mass is 35.5. The Morgan fingerprint density at radius 3 is 2.59 bits per heavy atom. The first-order valence-electron chi connectivity index (χ1n) is 11.6. The number of nitrogens with one attached hydrogen (secondary N) is 1. The van der Waals surface area contributed by atoms with Gasteiger partial charge in [-0.3, -0.25) is 9.59 Å². The van der Waals surface area contributed by atoms with Crippen molar-refractivity contribution in [3.05, 3.63) is 87.7 Å². The van der Waals surface area contributed by atoms with Crippen LogP contribution in [0.4, 0.5) is 10.1 Å². The van der Waals surface area contributed by atoms with Gasteiger partial charge in [-0.05, 0) is 72.6 Å². The molecule has 0 bridgehead atoms. The fourth-order valence-corrected chi connectivity index (χ4v) is 4.12. The number of benzene rings is 3. The van der Waals surface area contributed by atoms with Crippen molar-refractivity contribution in [2.45, 2.75) is 20.0 Å². The van der Waals surface area contributed by atoms with E-state index in [2.05, 4.69) is 10.5 Å². The number of anilines is 1. The predicted molar refractivity (Wildman–Crippen MR) is 141 cm³/mol. The van der Waals surface area contributed by atoms with Crippen molar-refractivity contribution < 1.29 is 23.5 Å². The van der Waals surface area contributed by atoms with E-state index in [1.165, 1.54) is 35.4 Å². The van der Waals surface area contributed by atoms with Gasteiger partial charge in [0.2, 0.25) is 11.8 Å². The van der Waals surface area contributed by atoms with Crippen molar-refractivity contribution in [2.24, 2.45) is 11.0 Å². The minimum Gasteiger partial charge on any atom is -0.490 e. The van der Waals surface area contributed by atoms with Gasteiger partial charge in [0, 0.05) is 18.7 Å². The first-order chi connectivity index (χ1) is 17.8. The molecule has 1 aliphatic rings. The van der Waals surface area contributed by atoms with Gasteiger partial charge < -0.3 is 14.4 Å². The molecule has 1 N–H and O–H groups in total. The second-order valence-corrected chi connectivity index (χ2v) is 9.11. The quantitative estimate of drug-likeness (QED) is 0.281. The van der Waals surface area contributed by atoms with Crippen LogP contribution in [0.15, 0.2) is 65.8 Å². The fourth-order valence-electron chi connectivity index (χ4n) is 3.80. The zero-order chi connectivity index (χ0) is 26.4. The molecule has 0 spiro atoms. The maximum Gasteiger partial charge on any atom is 0.245 e. The van der Waals surface area contributed by atoms with Gasteiger partial charge in [-0.15, -0.1) is 0 Å².